The van der Waals surface area contributed by atoms with Gasteiger partial charge in [0.25, 0.3) is 0 Å². The number of esters is 1. The summed E-state index contributed by atoms with van der Waals surface area (Å²) in [5, 5.41) is 3.20. The molecule has 1 N–H and O–H groups in total. The van der Waals surface area contributed by atoms with Crippen LogP contribution in [0.25, 0.3) is 0 Å². The van der Waals surface area contributed by atoms with Crippen LogP contribution in [0, 0.1) is 0 Å². The van der Waals surface area contributed by atoms with Crippen molar-refractivity contribution >= 4 is 11.7 Å². The van der Waals surface area contributed by atoms with Crippen molar-refractivity contribution in [1.29, 1.82) is 0 Å². The van der Waals surface area contributed by atoms with Crippen molar-refractivity contribution in [2.24, 2.45) is 0 Å². The number of anilines is 1. The number of nitrogens with one attached hydrogen (secondary N) is 1. The second-order valence-corrected chi connectivity index (χ2v) is 3.83. The van der Waals surface area contributed by atoms with E-state index in [0.717, 1.165) is 24.9 Å². The molecule has 0 aromatic heterocycles. The van der Waals surface area contributed by atoms with E-state index in [0.29, 0.717) is 5.75 Å². The van der Waals surface area contributed by atoms with E-state index < -0.39 is 0 Å². The summed E-state index contributed by atoms with van der Waals surface area (Å²) in [7, 11) is 0. The Kier molecular flexibility index (Phi) is 3.25. The molecular formula is C13H15NO2. The van der Waals surface area contributed by atoms with Crippen LogP contribution in [0.3, 0.4) is 0 Å². The van der Waals surface area contributed by atoms with E-state index in [-0.39, 0.29) is 12.0 Å². The number of rotatable bonds is 4. The molecule has 0 amide bonds. The molecular weight excluding hydrogens is 202 g/mol. The molecule has 1 aromatic carbocycles. The topological polar surface area (TPSA) is 38.3 Å². The van der Waals surface area contributed by atoms with Gasteiger partial charge in [-0.05, 0) is 31.4 Å². The van der Waals surface area contributed by atoms with Crippen LogP contribution in [-0.2, 0) is 4.79 Å². The number of unbranched alkanes of at least 4 members (excludes halogenated alkanes) is 1. The first-order valence-corrected chi connectivity index (χ1v) is 5.49. The van der Waals surface area contributed by atoms with Crippen molar-refractivity contribution in [3.05, 3.63) is 36.9 Å². The van der Waals surface area contributed by atoms with Gasteiger partial charge in [-0.25, -0.2) is 4.79 Å². The van der Waals surface area contributed by atoms with Gasteiger partial charge in [0.15, 0.2) is 5.75 Å². The van der Waals surface area contributed by atoms with Gasteiger partial charge in [-0.2, -0.15) is 0 Å². The number of hydrogen-bond acceptors (Lipinski definition) is 3. The zero-order valence-electron chi connectivity index (χ0n) is 9.11. The van der Waals surface area contributed by atoms with Gasteiger partial charge in [0.2, 0.25) is 0 Å². The van der Waals surface area contributed by atoms with Crippen LogP contribution in [0.4, 0.5) is 5.69 Å². The van der Waals surface area contributed by atoms with E-state index in [4.69, 9.17) is 4.74 Å². The highest BCUT2D eigenvalue weighted by molar-refractivity contribution is 5.86. The number of ether oxygens (including phenoxy) is 1. The van der Waals surface area contributed by atoms with Gasteiger partial charge in [0.1, 0.15) is 6.04 Å². The lowest BCUT2D eigenvalue weighted by atomic mass is 10.1. The molecule has 0 aliphatic carbocycles. The van der Waals surface area contributed by atoms with Crippen molar-refractivity contribution < 1.29 is 9.53 Å². The highest BCUT2D eigenvalue weighted by Gasteiger charge is 2.26. The maximum atomic E-state index is 11.6. The molecule has 3 heteroatoms. The number of carbonyl (C=O) groups excluding carboxylic acids is 1. The minimum Gasteiger partial charge on any atom is -0.423 e. The number of benzene rings is 1. The van der Waals surface area contributed by atoms with Gasteiger partial charge in [0.05, 0.1) is 5.69 Å². The standard InChI is InChI=1S/C13H15NO2/c1-2-3-4-8-11-13(15)16-12-9-6-5-7-10(12)14-11/h2,5-7,9,11,14H,1,3-4,8H2/t11-/m1/s1. The molecule has 1 atom stereocenters. The predicted molar refractivity (Wildman–Crippen MR) is 63.5 cm³/mol. The summed E-state index contributed by atoms with van der Waals surface area (Å²) in [4.78, 5) is 11.6. The summed E-state index contributed by atoms with van der Waals surface area (Å²) in [6, 6.07) is 7.26. The van der Waals surface area contributed by atoms with Gasteiger partial charge in [-0.1, -0.05) is 18.2 Å². The van der Waals surface area contributed by atoms with Crippen molar-refractivity contribution in [2.45, 2.75) is 25.3 Å². The maximum Gasteiger partial charge on any atom is 0.334 e. The van der Waals surface area contributed by atoms with Crippen molar-refractivity contribution in [2.75, 3.05) is 5.32 Å². The first-order valence-electron chi connectivity index (χ1n) is 5.49. The average Bonchev–Trinajstić information content (AvgIpc) is 2.30. The zero-order valence-corrected chi connectivity index (χ0v) is 9.11. The van der Waals surface area contributed by atoms with E-state index in [2.05, 4.69) is 11.9 Å². The molecule has 16 heavy (non-hydrogen) atoms. The average molecular weight is 217 g/mol. The number of carbonyl (C=O) groups is 1. The molecule has 84 valence electrons. The molecule has 0 unspecified atom stereocenters. The molecule has 0 radical (unpaired) electrons. The summed E-state index contributed by atoms with van der Waals surface area (Å²) < 4.78 is 5.25. The van der Waals surface area contributed by atoms with Crippen LogP contribution in [0.2, 0.25) is 0 Å². The lowest BCUT2D eigenvalue weighted by Gasteiger charge is -2.25. The van der Waals surface area contributed by atoms with E-state index in [1.165, 1.54) is 0 Å². The van der Waals surface area contributed by atoms with Crippen LogP contribution in [0.15, 0.2) is 36.9 Å². The Balaban J connectivity index is 2.03. The molecule has 1 aromatic rings. The summed E-state index contributed by atoms with van der Waals surface area (Å²) in [6.07, 6.45) is 4.51. The van der Waals surface area contributed by atoms with Crippen LogP contribution < -0.4 is 10.1 Å². The van der Waals surface area contributed by atoms with Gasteiger partial charge in [-0.15, -0.1) is 6.58 Å². The molecule has 0 bridgehead atoms. The monoisotopic (exact) mass is 217 g/mol. The van der Waals surface area contributed by atoms with Crippen molar-refractivity contribution in [3.8, 4) is 5.75 Å². The minimum absolute atomic E-state index is 0.192. The van der Waals surface area contributed by atoms with Crippen LogP contribution in [0.5, 0.6) is 5.75 Å². The molecule has 1 aliphatic rings. The SMILES string of the molecule is C=CCCC[C@H]1Nc2ccccc2OC1=O. The van der Waals surface area contributed by atoms with Crippen molar-refractivity contribution in [3.63, 3.8) is 0 Å². The van der Waals surface area contributed by atoms with E-state index >= 15 is 0 Å². The first-order chi connectivity index (χ1) is 7.81. The lowest BCUT2D eigenvalue weighted by molar-refractivity contribution is -0.136. The maximum absolute atomic E-state index is 11.6. The highest BCUT2D eigenvalue weighted by atomic mass is 16.5. The number of para-hydroxylation sites is 2. The Hall–Kier alpha value is -1.77. The Bertz CT molecular complexity index is 401. The first kappa shape index (κ1) is 10.7. The highest BCUT2D eigenvalue weighted by Crippen LogP contribution is 2.29. The minimum atomic E-state index is -0.227. The van der Waals surface area contributed by atoms with Gasteiger partial charge < -0.3 is 10.1 Å². The van der Waals surface area contributed by atoms with E-state index in [9.17, 15) is 4.79 Å². The third-order valence-electron chi connectivity index (χ3n) is 2.61. The van der Waals surface area contributed by atoms with Crippen LogP contribution >= 0.6 is 0 Å². The Morgan fingerprint density at radius 3 is 3.06 bits per heavy atom. The Morgan fingerprint density at radius 2 is 2.25 bits per heavy atom. The molecule has 3 nitrogen and oxygen atoms in total. The second kappa shape index (κ2) is 4.84. The smallest absolute Gasteiger partial charge is 0.334 e. The fourth-order valence-corrected chi connectivity index (χ4v) is 1.76. The lowest BCUT2D eigenvalue weighted by Crippen LogP contribution is -2.37. The fraction of sp³-hybridized carbons (Fsp3) is 0.308. The number of hydrogen-bond donors (Lipinski definition) is 1. The molecule has 0 saturated heterocycles. The quantitative estimate of drug-likeness (QED) is 0.365. The number of allylic oxidation sites excluding steroid dienone is 1. The van der Waals surface area contributed by atoms with Crippen LogP contribution in [0.1, 0.15) is 19.3 Å². The Labute approximate surface area is 95.1 Å². The van der Waals surface area contributed by atoms with E-state index in [1.807, 2.05) is 24.3 Å². The summed E-state index contributed by atoms with van der Waals surface area (Å²) >= 11 is 0. The largest absolute Gasteiger partial charge is 0.423 e. The van der Waals surface area contributed by atoms with Gasteiger partial charge >= 0.3 is 5.97 Å². The fourth-order valence-electron chi connectivity index (χ4n) is 1.76. The van der Waals surface area contributed by atoms with Gasteiger partial charge in [-0.3, -0.25) is 0 Å². The Morgan fingerprint density at radius 1 is 1.44 bits per heavy atom. The summed E-state index contributed by atoms with van der Waals surface area (Å²) in [6.45, 7) is 3.66. The normalized spacial score (nSPS) is 18.2. The predicted octanol–water partition coefficient (Wildman–Crippen LogP) is 2.74. The van der Waals surface area contributed by atoms with E-state index in [1.54, 1.807) is 6.07 Å². The zero-order chi connectivity index (χ0) is 11.4. The third kappa shape index (κ3) is 2.24. The van der Waals surface area contributed by atoms with Crippen LogP contribution in [-0.4, -0.2) is 12.0 Å². The van der Waals surface area contributed by atoms with Gasteiger partial charge in [0, 0.05) is 0 Å². The molecule has 1 heterocycles. The third-order valence-corrected chi connectivity index (χ3v) is 2.61. The second-order valence-electron chi connectivity index (χ2n) is 3.83. The molecule has 0 spiro atoms. The summed E-state index contributed by atoms with van der Waals surface area (Å²) in [5.41, 5.74) is 0.894. The molecule has 2 rings (SSSR count). The molecule has 1 aliphatic heterocycles. The molecule has 0 saturated carbocycles. The van der Waals surface area contributed by atoms with Crippen molar-refractivity contribution in [1.82, 2.24) is 0 Å². The summed E-state index contributed by atoms with van der Waals surface area (Å²) in [5.74, 6) is 0.426. The molecule has 0 fully saturated rings. The number of fused-ring (bicyclic) bond motifs is 1.